The van der Waals surface area contributed by atoms with E-state index >= 15 is 0 Å². The van der Waals surface area contributed by atoms with Crippen molar-refractivity contribution in [3.63, 3.8) is 0 Å². The van der Waals surface area contributed by atoms with Gasteiger partial charge in [0.1, 0.15) is 5.82 Å². The summed E-state index contributed by atoms with van der Waals surface area (Å²) in [4.78, 5) is 6.57. The second-order valence-electron chi connectivity index (χ2n) is 3.77. The van der Waals surface area contributed by atoms with Crippen LogP contribution in [0.2, 0.25) is 0 Å². The van der Waals surface area contributed by atoms with E-state index in [1.807, 2.05) is 30.0 Å². The summed E-state index contributed by atoms with van der Waals surface area (Å²) in [5.74, 6) is 1.73. The Balaban J connectivity index is 2.54. The molecule has 4 heteroatoms. The molecule has 0 bridgehead atoms. The van der Waals surface area contributed by atoms with Crippen LogP contribution in [0.15, 0.2) is 18.2 Å². The summed E-state index contributed by atoms with van der Waals surface area (Å²) < 4.78 is 0. The van der Waals surface area contributed by atoms with Crippen molar-refractivity contribution in [3.8, 4) is 0 Å². The Labute approximate surface area is 96.1 Å². The number of aromatic nitrogens is 1. The van der Waals surface area contributed by atoms with Crippen LogP contribution in [0.4, 0.5) is 5.82 Å². The van der Waals surface area contributed by atoms with Gasteiger partial charge in [-0.15, -0.1) is 0 Å². The molecular formula is C11H19N3S. The fraction of sp³-hybridized carbons (Fsp3) is 0.545. The fourth-order valence-electron chi connectivity index (χ4n) is 1.37. The van der Waals surface area contributed by atoms with E-state index in [9.17, 15) is 0 Å². The van der Waals surface area contributed by atoms with E-state index in [0.29, 0.717) is 11.9 Å². The molecule has 2 N–H and O–H groups in total. The zero-order valence-electron chi connectivity index (χ0n) is 9.60. The van der Waals surface area contributed by atoms with Gasteiger partial charge in [0.25, 0.3) is 0 Å². The quantitative estimate of drug-likeness (QED) is 0.830. The van der Waals surface area contributed by atoms with Crippen LogP contribution in [0.3, 0.4) is 0 Å². The number of nitrogens with zero attached hydrogens (tertiary/aromatic N) is 2. The number of hydrogen-bond donors (Lipinski definition) is 1. The first-order valence-corrected chi connectivity index (χ1v) is 6.43. The van der Waals surface area contributed by atoms with Gasteiger partial charge in [0, 0.05) is 18.3 Å². The summed E-state index contributed by atoms with van der Waals surface area (Å²) in [5, 5.41) is 0. The largest absolute Gasteiger partial charge is 0.384 e. The third kappa shape index (κ3) is 4.10. The summed E-state index contributed by atoms with van der Waals surface area (Å²) in [5.41, 5.74) is 6.67. The van der Waals surface area contributed by atoms with Crippen molar-refractivity contribution in [3.05, 3.63) is 23.9 Å². The van der Waals surface area contributed by atoms with E-state index in [-0.39, 0.29) is 0 Å². The van der Waals surface area contributed by atoms with E-state index in [2.05, 4.69) is 30.1 Å². The SMILES string of the molecule is CSCC(C)N(C)Cc1cccc(N)n1. The minimum atomic E-state index is 0.559. The van der Waals surface area contributed by atoms with Gasteiger partial charge in [-0.05, 0) is 32.4 Å². The Morgan fingerprint density at radius 2 is 2.27 bits per heavy atom. The lowest BCUT2D eigenvalue weighted by Crippen LogP contribution is -2.30. The molecule has 0 aromatic carbocycles. The maximum absolute atomic E-state index is 5.64. The molecule has 0 amide bonds. The highest BCUT2D eigenvalue weighted by atomic mass is 32.2. The van der Waals surface area contributed by atoms with Crippen LogP contribution in [0.1, 0.15) is 12.6 Å². The maximum atomic E-state index is 5.64. The number of thioether (sulfide) groups is 1. The molecule has 0 aliphatic rings. The first kappa shape index (κ1) is 12.3. The molecular weight excluding hydrogens is 206 g/mol. The van der Waals surface area contributed by atoms with Gasteiger partial charge in [0.05, 0.1) is 5.69 Å². The van der Waals surface area contributed by atoms with E-state index in [1.165, 1.54) is 0 Å². The van der Waals surface area contributed by atoms with Gasteiger partial charge < -0.3 is 5.73 Å². The molecule has 15 heavy (non-hydrogen) atoms. The van der Waals surface area contributed by atoms with Crippen molar-refractivity contribution in [2.45, 2.75) is 19.5 Å². The first-order valence-electron chi connectivity index (χ1n) is 5.04. The molecule has 0 fully saturated rings. The molecule has 1 aromatic heterocycles. The van der Waals surface area contributed by atoms with Crippen molar-refractivity contribution < 1.29 is 0 Å². The minimum absolute atomic E-state index is 0.559. The van der Waals surface area contributed by atoms with Gasteiger partial charge in [-0.25, -0.2) is 4.98 Å². The molecule has 1 heterocycles. The van der Waals surface area contributed by atoms with Crippen LogP contribution in [0.25, 0.3) is 0 Å². The van der Waals surface area contributed by atoms with Crippen molar-refractivity contribution in [2.75, 3.05) is 24.8 Å². The maximum Gasteiger partial charge on any atom is 0.123 e. The van der Waals surface area contributed by atoms with E-state index < -0.39 is 0 Å². The lowest BCUT2D eigenvalue weighted by molar-refractivity contribution is 0.267. The number of anilines is 1. The molecule has 0 saturated heterocycles. The van der Waals surface area contributed by atoms with Crippen LogP contribution >= 0.6 is 11.8 Å². The molecule has 84 valence electrons. The minimum Gasteiger partial charge on any atom is -0.384 e. The van der Waals surface area contributed by atoms with Gasteiger partial charge in [-0.3, -0.25) is 4.90 Å². The molecule has 0 spiro atoms. The highest BCUT2D eigenvalue weighted by molar-refractivity contribution is 7.98. The highest BCUT2D eigenvalue weighted by Crippen LogP contribution is 2.08. The molecule has 0 radical (unpaired) electrons. The van der Waals surface area contributed by atoms with Gasteiger partial charge in [-0.1, -0.05) is 6.07 Å². The van der Waals surface area contributed by atoms with E-state index in [0.717, 1.165) is 18.0 Å². The summed E-state index contributed by atoms with van der Waals surface area (Å²) in [7, 11) is 2.12. The normalized spacial score (nSPS) is 13.1. The topological polar surface area (TPSA) is 42.1 Å². The molecule has 1 unspecified atom stereocenters. The van der Waals surface area contributed by atoms with Crippen LogP contribution < -0.4 is 5.73 Å². The van der Waals surface area contributed by atoms with Crippen molar-refractivity contribution in [1.82, 2.24) is 9.88 Å². The molecule has 0 saturated carbocycles. The van der Waals surface area contributed by atoms with Gasteiger partial charge in [0.2, 0.25) is 0 Å². The molecule has 3 nitrogen and oxygen atoms in total. The molecule has 1 atom stereocenters. The van der Waals surface area contributed by atoms with Gasteiger partial charge >= 0.3 is 0 Å². The summed E-state index contributed by atoms with van der Waals surface area (Å²) in [6.45, 7) is 3.08. The van der Waals surface area contributed by atoms with Crippen LogP contribution in [0.5, 0.6) is 0 Å². The van der Waals surface area contributed by atoms with Crippen LogP contribution in [-0.4, -0.2) is 35.0 Å². The lowest BCUT2D eigenvalue weighted by Gasteiger charge is -2.23. The van der Waals surface area contributed by atoms with Crippen LogP contribution in [-0.2, 0) is 6.54 Å². The monoisotopic (exact) mass is 225 g/mol. The van der Waals surface area contributed by atoms with E-state index in [4.69, 9.17) is 5.73 Å². The average Bonchev–Trinajstić information content (AvgIpc) is 2.18. The first-order chi connectivity index (χ1) is 7.13. The molecule has 0 aliphatic carbocycles. The summed E-state index contributed by atoms with van der Waals surface area (Å²) in [6, 6.07) is 6.33. The number of nitrogens with two attached hydrogens (primary N) is 1. The standard InChI is InChI=1S/C11H19N3S/c1-9(8-15-3)14(2)7-10-5-4-6-11(12)13-10/h4-6,9H,7-8H2,1-3H3,(H2,12,13). The smallest absolute Gasteiger partial charge is 0.123 e. The highest BCUT2D eigenvalue weighted by Gasteiger charge is 2.09. The van der Waals surface area contributed by atoms with Crippen molar-refractivity contribution >= 4 is 17.6 Å². The number of nitrogen functional groups attached to an aromatic ring is 1. The molecule has 0 aliphatic heterocycles. The van der Waals surface area contributed by atoms with Crippen molar-refractivity contribution in [2.24, 2.45) is 0 Å². The Morgan fingerprint density at radius 1 is 1.53 bits per heavy atom. The Bertz CT molecular complexity index is 304. The zero-order chi connectivity index (χ0) is 11.3. The second kappa shape index (κ2) is 5.98. The van der Waals surface area contributed by atoms with Crippen molar-refractivity contribution in [1.29, 1.82) is 0 Å². The fourth-order valence-corrected chi connectivity index (χ4v) is 2.10. The zero-order valence-corrected chi connectivity index (χ0v) is 10.4. The second-order valence-corrected chi connectivity index (χ2v) is 4.68. The third-order valence-electron chi connectivity index (χ3n) is 2.40. The lowest BCUT2D eigenvalue weighted by atomic mass is 10.3. The summed E-state index contributed by atoms with van der Waals surface area (Å²) >= 11 is 1.87. The Morgan fingerprint density at radius 3 is 2.87 bits per heavy atom. The predicted molar refractivity (Wildman–Crippen MR) is 68.0 cm³/mol. The van der Waals surface area contributed by atoms with Crippen LogP contribution in [0, 0.1) is 0 Å². The predicted octanol–water partition coefficient (Wildman–Crippen LogP) is 1.85. The van der Waals surface area contributed by atoms with Gasteiger partial charge in [-0.2, -0.15) is 11.8 Å². The number of rotatable bonds is 5. The summed E-state index contributed by atoms with van der Waals surface area (Å²) in [6.07, 6.45) is 2.13. The van der Waals surface area contributed by atoms with Gasteiger partial charge in [0.15, 0.2) is 0 Å². The molecule has 1 aromatic rings. The number of hydrogen-bond acceptors (Lipinski definition) is 4. The van der Waals surface area contributed by atoms with E-state index in [1.54, 1.807) is 0 Å². The Hall–Kier alpha value is -0.740. The Kier molecular flexibility index (Phi) is 4.91. The number of pyridine rings is 1. The average molecular weight is 225 g/mol. The third-order valence-corrected chi connectivity index (χ3v) is 3.22. The molecule has 1 rings (SSSR count).